The summed E-state index contributed by atoms with van der Waals surface area (Å²) in [5, 5.41) is 12.1. The molecule has 1 atom stereocenters. The summed E-state index contributed by atoms with van der Waals surface area (Å²) in [6.07, 6.45) is 5.20. The molecule has 7 nitrogen and oxygen atoms in total. The van der Waals surface area contributed by atoms with Crippen LogP contribution in [0.3, 0.4) is 0 Å². The Morgan fingerprint density at radius 1 is 0.902 bits per heavy atom. The molecule has 0 unspecified atom stereocenters. The molecule has 2 aromatic heterocycles. The van der Waals surface area contributed by atoms with Gasteiger partial charge in [0.1, 0.15) is 5.82 Å². The van der Waals surface area contributed by atoms with Crippen LogP contribution in [-0.4, -0.2) is 43.1 Å². The van der Waals surface area contributed by atoms with E-state index in [1.165, 1.54) is 23.3 Å². The van der Waals surface area contributed by atoms with Gasteiger partial charge in [0.25, 0.3) is 5.91 Å². The Bertz CT molecular complexity index is 1550. The van der Waals surface area contributed by atoms with E-state index in [4.69, 9.17) is 0 Å². The van der Waals surface area contributed by atoms with Crippen LogP contribution in [0.25, 0.3) is 5.69 Å². The second kappa shape index (κ2) is 12.2. The van der Waals surface area contributed by atoms with Crippen LogP contribution in [0, 0.1) is 5.82 Å². The van der Waals surface area contributed by atoms with Crippen molar-refractivity contribution < 1.29 is 9.18 Å². The van der Waals surface area contributed by atoms with Crippen molar-refractivity contribution in [3.05, 3.63) is 144 Å². The monoisotopic (exact) mass is 546 g/mol. The number of nitrogens with zero attached hydrogens (tertiary/aromatic N) is 5. The normalized spacial score (nSPS) is 15.0. The fraction of sp³-hybridized carbons (Fsp3) is 0.212. The highest BCUT2D eigenvalue weighted by atomic mass is 19.1. The molecule has 0 saturated carbocycles. The Balaban J connectivity index is 1.31. The van der Waals surface area contributed by atoms with Crippen molar-refractivity contribution in [1.29, 1.82) is 0 Å². The van der Waals surface area contributed by atoms with E-state index in [0.29, 0.717) is 31.1 Å². The first kappa shape index (κ1) is 26.5. The topological polar surface area (TPSA) is 75.9 Å². The van der Waals surface area contributed by atoms with Gasteiger partial charge in [-0.1, -0.05) is 72.8 Å². The quantitative estimate of drug-likeness (QED) is 0.263. The lowest BCUT2D eigenvalue weighted by atomic mass is 9.84. The standard InChI is InChI=1S/C33H31FN6O/c34-27-15-7-10-24(20-27)21-36-23-30-37-38-32(40(30)28-16-8-18-35-22-28)33(41)39-19-9-17-29(39)31(25-11-3-1-4-12-25)26-13-5-2-6-14-26/h1-8,10-16,18,20,22,29,31,36H,9,17,19,21,23H2/t29-/m1/s1. The molecule has 206 valence electrons. The smallest absolute Gasteiger partial charge is 0.292 e. The van der Waals surface area contributed by atoms with Gasteiger partial charge in [-0.05, 0) is 53.8 Å². The van der Waals surface area contributed by atoms with Crippen molar-refractivity contribution in [2.45, 2.75) is 37.9 Å². The molecule has 1 aliphatic rings. The van der Waals surface area contributed by atoms with Gasteiger partial charge in [0.2, 0.25) is 5.82 Å². The van der Waals surface area contributed by atoms with Crippen LogP contribution in [0.15, 0.2) is 109 Å². The number of carbonyl (C=O) groups excluding carboxylic acids is 1. The first-order chi connectivity index (χ1) is 20.2. The van der Waals surface area contributed by atoms with Crippen molar-refractivity contribution in [2.75, 3.05) is 6.54 Å². The number of carbonyl (C=O) groups is 1. The van der Waals surface area contributed by atoms with Gasteiger partial charge in [-0.25, -0.2) is 4.39 Å². The molecule has 1 saturated heterocycles. The molecule has 8 heteroatoms. The average molecular weight is 547 g/mol. The number of nitrogens with one attached hydrogen (secondary N) is 1. The number of amides is 1. The number of likely N-dealkylation sites (tertiary alicyclic amines) is 1. The third-order valence-corrected chi connectivity index (χ3v) is 7.59. The molecule has 1 amide bonds. The molecule has 0 aliphatic carbocycles. The van der Waals surface area contributed by atoms with E-state index >= 15 is 0 Å². The van der Waals surface area contributed by atoms with Crippen LogP contribution >= 0.6 is 0 Å². The molecule has 3 heterocycles. The number of pyridine rings is 1. The number of benzene rings is 3. The average Bonchev–Trinajstić information content (AvgIpc) is 3.67. The Kier molecular flexibility index (Phi) is 7.91. The number of rotatable bonds is 9. The number of halogens is 1. The summed E-state index contributed by atoms with van der Waals surface area (Å²) >= 11 is 0. The molecule has 0 spiro atoms. The van der Waals surface area contributed by atoms with E-state index in [2.05, 4.69) is 69.0 Å². The van der Waals surface area contributed by atoms with Crippen LogP contribution in [0.1, 0.15) is 51.9 Å². The molecule has 0 radical (unpaired) electrons. The van der Waals surface area contributed by atoms with Crippen molar-refractivity contribution in [1.82, 2.24) is 30.0 Å². The zero-order valence-electron chi connectivity index (χ0n) is 22.6. The van der Waals surface area contributed by atoms with Crippen LogP contribution in [0.4, 0.5) is 4.39 Å². The van der Waals surface area contributed by atoms with E-state index in [1.54, 1.807) is 23.0 Å². The van der Waals surface area contributed by atoms with E-state index in [9.17, 15) is 9.18 Å². The van der Waals surface area contributed by atoms with Gasteiger partial charge < -0.3 is 10.2 Å². The summed E-state index contributed by atoms with van der Waals surface area (Å²) in [7, 11) is 0. The van der Waals surface area contributed by atoms with Gasteiger partial charge in [-0.15, -0.1) is 10.2 Å². The molecular formula is C33H31FN6O. The Labute approximate surface area is 238 Å². The molecule has 41 heavy (non-hydrogen) atoms. The minimum atomic E-state index is -0.278. The second-order valence-electron chi connectivity index (χ2n) is 10.2. The Morgan fingerprint density at radius 3 is 2.34 bits per heavy atom. The third kappa shape index (κ3) is 5.78. The largest absolute Gasteiger partial charge is 0.332 e. The van der Waals surface area contributed by atoms with Crippen LogP contribution in [0.5, 0.6) is 0 Å². The third-order valence-electron chi connectivity index (χ3n) is 7.59. The van der Waals surface area contributed by atoms with E-state index in [0.717, 1.165) is 18.4 Å². The molecule has 0 bridgehead atoms. The maximum Gasteiger partial charge on any atom is 0.292 e. The molecule has 1 fully saturated rings. The van der Waals surface area contributed by atoms with Crippen molar-refractivity contribution in [3.63, 3.8) is 0 Å². The molecule has 6 rings (SSSR count). The number of hydrogen-bond acceptors (Lipinski definition) is 5. The van der Waals surface area contributed by atoms with Crippen molar-refractivity contribution in [2.24, 2.45) is 0 Å². The summed E-state index contributed by atoms with van der Waals surface area (Å²) in [4.78, 5) is 20.5. The highest BCUT2D eigenvalue weighted by molar-refractivity contribution is 5.92. The summed E-state index contributed by atoms with van der Waals surface area (Å²) in [5.74, 6) is 0.437. The lowest BCUT2D eigenvalue weighted by molar-refractivity contribution is 0.0710. The Hall–Kier alpha value is -4.69. The fourth-order valence-electron chi connectivity index (χ4n) is 5.77. The zero-order valence-corrected chi connectivity index (χ0v) is 22.6. The van der Waals surface area contributed by atoms with Crippen LogP contribution < -0.4 is 5.32 Å². The van der Waals surface area contributed by atoms with Gasteiger partial charge in [0.15, 0.2) is 5.82 Å². The highest BCUT2D eigenvalue weighted by Crippen LogP contribution is 2.37. The van der Waals surface area contributed by atoms with E-state index in [-0.39, 0.29) is 29.5 Å². The first-order valence-electron chi connectivity index (χ1n) is 13.9. The van der Waals surface area contributed by atoms with Crippen LogP contribution in [0.2, 0.25) is 0 Å². The fourth-order valence-corrected chi connectivity index (χ4v) is 5.77. The summed E-state index contributed by atoms with van der Waals surface area (Å²) in [5.41, 5.74) is 3.89. The summed E-state index contributed by atoms with van der Waals surface area (Å²) in [6, 6.07) is 30.9. The summed E-state index contributed by atoms with van der Waals surface area (Å²) in [6.45, 7) is 1.43. The molecular weight excluding hydrogens is 515 g/mol. The maximum atomic E-state index is 14.3. The van der Waals surface area contributed by atoms with Gasteiger partial charge in [-0.3, -0.25) is 14.3 Å². The first-order valence-corrected chi connectivity index (χ1v) is 13.9. The second-order valence-corrected chi connectivity index (χ2v) is 10.2. The molecule has 1 aliphatic heterocycles. The van der Waals surface area contributed by atoms with E-state index < -0.39 is 0 Å². The number of aromatic nitrogens is 4. The highest BCUT2D eigenvalue weighted by Gasteiger charge is 2.38. The minimum Gasteiger partial charge on any atom is -0.332 e. The Morgan fingerprint density at radius 2 is 1.66 bits per heavy atom. The molecule has 5 aromatic rings. The predicted octanol–water partition coefficient (Wildman–Crippen LogP) is 5.53. The lowest BCUT2D eigenvalue weighted by Gasteiger charge is -2.32. The van der Waals surface area contributed by atoms with Gasteiger partial charge in [0, 0.05) is 31.2 Å². The zero-order chi connectivity index (χ0) is 28.0. The van der Waals surface area contributed by atoms with E-state index in [1.807, 2.05) is 35.2 Å². The SMILES string of the molecule is O=C(c1nnc(CNCc2cccc(F)c2)n1-c1cccnc1)N1CCC[C@@H]1C(c1ccccc1)c1ccccc1. The minimum absolute atomic E-state index is 0.0269. The summed E-state index contributed by atoms with van der Waals surface area (Å²) < 4.78 is 15.4. The predicted molar refractivity (Wildman–Crippen MR) is 155 cm³/mol. The van der Waals surface area contributed by atoms with Gasteiger partial charge in [-0.2, -0.15) is 0 Å². The maximum absolute atomic E-state index is 14.3. The van der Waals surface area contributed by atoms with Gasteiger partial charge in [0.05, 0.1) is 18.4 Å². The van der Waals surface area contributed by atoms with Crippen LogP contribution in [-0.2, 0) is 13.1 Å². The molecule has 3 aromatic carbocycles. The van der Waals surface area contributed by atoms with Gasteiger partial charge >= 0.3 is 0 Å². The molecule has 1 N–H and O–H groups in total. The van der Waals surface area contributed by atoms with Crippen molar-refractivity contribution in [3.8, 4) is 5.69 Å². The lowest BCUT2D eigenvalue weighted by Crippen LogP contribution is -2.40. The number of hydrogen-bond donors (Lipinski definition) is 1. The van der Waals surface area contributed by atoms with Crippen molar-refractivity contribution >= 4 is 5.91 Å².